The molecule has 4 heteroatoms. The Morgan fingerprint density at radius 3 is 2.04 bits per heavy atom. The van der Waals surface area contributed by atoms with E-state index in [0.717, 1.165) is 22.6 Å². The largest absolute Gasteiger partial charge is 0.339 e. The summed E-state index contributed by atoms with van der Waals surface area (Å²) in [4.78, 5) is 28.0. The van der Waals surface area contributed by atoms with E-state index in [9.17, 15) is 9.59 Å². The second-order valence-corrected chi connectivity index (χ2v) is 6.19. The number of nitrogens with zero attached hydrogens (tertiary/aromatic N) is 2. The van der Waals surface area contributed by atoms with Gasteiger partial charge in [-0.3, -0.25) is 9.59 Å². The number of ketones is 1. The number of aldehydes is 1. The van der Waals surface area contributed by atoms with Crippen molar-refractivity contribution in [2.24, 2.45) is 0 Å². The number of Topliss-reactive ketones (excluding diaryl/α,β-unsaturated/α-hetero) is 1. The minimum Gasteiger partial charge on any atom is -0.339 e. The lowest BCUT2D eigenvalue weighted by atomic mass is 9.95. The summed E-state index contributed by atoms with van der Waals surface area (Å²) < 4.78 is 0. The van der Waals surface area contributed by atoms with Crippen molar-refractivity contribution in [3.05, 3.63) is 90.5 Å². The van der Waals surface area contributed by atoms with E-state index in [1.807, 2.05) is 89.8 Å². The zero-order valence-electron chi connectivity index (χ0n) is 14.2. The van der Waals surface area contributed by atoms with Crippen LogP contribution in [0, 0.1) is 0 Å². The predicted molar refractivity (Wildman–Crippen MR) is 103 cm³/mol. The van der Waals surface area contributed by atoms with Crippen LogP contribution in [-0.2, 0) is 9.59 Å². The molecule has 1 heterocycles. The van der Waals surface area contributed by atoms with Gasteiger partial charge < -0.3 is 9.80 Å². The van der Waals surface area contributed by atoms with Crippen molar-refractivity contribution >= 4 is 29.1 Å². The number of para-hydroxylation sites is 3. The molecule has 0 amide bonds. The third-order valence-electron chi connectivity index (χ3n) is 4.67. The van der Waals surface area contributed by atoms with Gasteiger partial charge in [0.25, 0.3) is 0 Å². The van der Waals surface area contributed by atoms with Gasteiger partial charge in [-0.15, -0.1) is 0 Å². The first-order valence-corrected chi connectivity index (χ1v) is 8.52. The Hall–Kier alpha value is -3.40. The van der Waals surface area contributed by atoms with E-state index >= 15 is 0 Å². The van der Waals surface area contributed by atoms with E-state index in [2.05, 4.69) is 4.90 Å². The van der Waals surface area contributed by atoms with Crippen LogP contribution in [0.25, 0.3) is 0 Å². The molecule has 0 spiro atoms. The van der Waals surface area contributed by atoms with Gasteiger partial charge in [0.15, 0.2) is 6.29 Å². The van der Waals surface area contributed by atoms with Crippen LogP contribution in [0.4, 0.5) is 17.1 Å². The van der Waals surface area contributed by atoms with Crippen molar-refractivity contribution in [3.8, 4) is 0 Å². The van der Waals surface area contributed by atoms with Gasteiger partial charge in [0.1, 0.15) is 6.04 Å². The third-order valence-corrected chi connectivity index (χ3v) is 4.67. The number of fused-ring (bicyclic) bond motifs is 1. The smallest absolute Gasteiger partial charge is 0.222 e. The zero-order chi connectivity index (χ0) is 17.9. The number of carbonyl (C=O) groups is 2. The molecule has 0 radical (unpaired) electrons. The summed E-state index contributed by atoms with van der Waals surface area (Å²) in [6.07, 6.45) is 0.426. The molecule has 26 heavy (non-hydrogen) atoms. The van der Waals surface area contributed by atoms with E-state index in [1.54, 1.807) is 0 Å². The number of anilines is 3. The van der Waals surface area contributed by atoms with Crippen molar-refractivity contribution in [1.29, 1.82) is 0 Å². The first-order valence-electron chi connectivity index (χ1n) is 8.52. The molecule has 1 atom stereocenters. The molecule has 0 aliphatic carbocycles. The monoisotopic (exact) mass is 342 g/mol. The first kappa shape index (κ1) is 16.1. The molecule has 0 aromatic heterocycles. The van der Waals surface area contributed by atoms with Crippen molar-refractivity contribution in [2.45, 2.75) is 6.04 Å². The minimum absolute atomic E-state index is 0.426. The van der Waals surface area contributed by atoms with Crippen LogP contribution in [0.5, 0.6) is 0 Å². The summed E-state index contributed by atoms with van der Waals surface area (Å²) in [5.41, 5.74) is 3.73. The summed E-state index contributed by atoms with van der Waals surface area (Å²) in [6, 6.07) is 26.9. The van der Waals surface area contributed by atoms with E-state index in [0.29, 0.717) is 13.0 Å². The van der Waals surface area contributed by atoms with E-state index < -0.39 is 11.8 Å². The summed E-state index contributed by atoms with van der Waals surface area (Å²) in [7, 11) is 0. The molecule has 3 aromatic carbocycles. The number of hydrogen-bond donors (Lipinski definition) is 0. The molecule has 1 aliphatic heterocycles. The quantitative estimate of drug-likeness (QED) is 0.528. The zero-order valence-corrected chi connectivity index (χ0v) is 14.2. The molecule has 0 bridgehead atoms. The summed E-state index contributed by atoms with van der Waals surface area (Å²) >= 11 is 0. The Kier molecular flexibility index (Phi) is 4.23. The average molecular weight is 342 g/mol. The van der Waals surface area contributed by atoms with E-state index in [1.165, 1.54) is 0 Å². The number of benzene rings is 3. The molecular weight excluding hydrogens is 324 g/mol. The maximum Gasteiger partial charge on any atom is 0.222 e. The SMILES string of the molecule is O=CC(=O)C1c2ccccc2N(c2ccccc2)CN1c1ccccc1. The summed E-state index contributed by atoms with van der Waals surface area (Å²) in [6.45, 7) is 0.481. The fourth-order valence-electron chi connectivity index (χ4n) is 3.49. The van der Waals surface area contributed by atoms with Gasteiger partial charge in [0, 0.05) is 22.6 Å². The van der Waals surface area contributed by atoms with E-state index in [4.69, 9.17) is 0 Å². The van der Waals surface area contributed by atoms with Crippen LogP contribution in [0.15, 0.2) is 84.9 Å². The Bertz CT molecular complexity index is 925. The highest BCUT2D eigenvalue weighted by atomic mass is 16.2. The van der Waals surface area contributed by atoms with Crippen LogP contribution in [0.2, 0.25) is 0 Å². The molecule has 4 rings (SSSR count). The highest BCUT2D eigenvalue weighted by Crippen LogP contribution is 2.41. The minimum atomic E-state index is -0.619. The van der Waals surface area contributed by atoms with Gasteiger partial charge in [-0.2, -0.15) is 0 Å². The molecular formula is C22H18N2O2. The molecule has 3 aromatic rings. The Morgan fingerprint density at radius 2 is 1.38 bits per heavy atom. The van der Waals surface area contributed by atoms with E-state index in [-0.39, 0.29) is 0 Å². The predicted octanol–water partition coefficient (Wildman–Crippen LogP) is 4.11. The number of rotatable bonds is 4. The van der Waals surface area contributed by atoms with Gasteiger partial charge in [-0.05, 0) is 30.3 Å². The van der Waals surface area contributed by atoms with Crippen LogP contribution >= 0.6 is 0 Å². The van der Waals surface area contributed by atoms with Crippen LogP contribution < -0.4 is 9.80 Å². The van der Waals surface area contributed by atoms with Crippen LogP contribution in [0.3, 0.4) is 0 Å². The van der Waals surface area contributed by atoms with Crippen LogP contribution in [-0.4, -0.2) is 18.7 Å². The van der Waals surface area contributed by atoms with Gasteiger partial charge >= 0.3 is 0 Å². The normalized spacial score (nSPS) is 16.1. The lowest BCUT2D eigenvalue weighted by Gasteiger charge is -2.43. The molecule has 4 nitrogen and oxygen atoms in total. The standard InChI is InChI=1S/C22H18N2O2/c25-15-21(26)22-19-13-7-8-14-20(19)23(17-9-3-1-4-10-17)16-24(22)18-11-5-2-6-12-18/h1-15,22H,16H2. The fraction of sp³-hybridized carbons (Fsp3) is 0.0909. The van der Waals surface area contributed by atoms with Gasteiger partial charge in [0.2, 0.25) is 5.78 Å². The van der Waals surface area contributed by atoms with Crippen LogP contribution in [0.1, 0.15) is 11.6 Å². The van der Waals surface area contributed by atoms with Crippen molar-refractivity contribution in [2.75, 3.05) is 16.5 Å². The second-order valence-electron chi connectivity index (χ2n) is 6.19. The Morgan fingerprint density at radius 1 is 0.808 bits per heavy atom. The number of hydrogen-bond acceptors (Lipinski definition) is 4. The maximum atomic E-state index is 12.5. The number of carbonyl (C=O) groups excluding carboxylic acids is 2. The first-order chi connectivity index (χ1) is 12.8. The Balaban J connectivity index is 1.89. The lowest BCUT2D eigenvalue weighted by molar-refractivity contribution is -0.130. The maximum absolute atomic E-state index is 12.5. The molecule has 1 unspecified atom stereocenters. The molecule has 0 saturated heterocycles. The van der Waals surface area contributed by atoms with Crippen molar-refractivity contribution in [1.82, 2.24) is 0 Å². The van der Waals surface area contributed by atoms with Crippen molar-refractivity contribution in [3.63, 3.8) is 0 Å². The lowest BCUT2D eigenvalue weighted by Crippen LogP contribution is -2.46. The average Bonchev–Trinajstić information content (AvgIpc) is 2.73. The van der Waals surface area contributed by atoms with Gasteiger partial charge in [0.05, 0.1) is 6.67 Å². The Labute approximate surface area is 152 Å². The highest BCUT2D eigenvalue weighted by molar-refractivity contribution is 6.28. The fourth-order valence-corrected chi connectivity index (χ4v) is 3.49. The van der Waals surface area contributed by atoms with Crippen molar-refractivity contribution < 1.29 is 9.59 Å². The topological polar surface area (TPSA) is 40.6 Å². The molecule has 0 fully saturated rings. The molecule has 1 aliphatic rings. The van der Waals surface area contributed by atoms with Gasteiger partial charge in [-0.25, -0.2) is 0 Å². The van der Waals surface area contributed by atoms with Gasteiger partial charge in [-0.1, -0.05) is 54.6 Å². The molecule has 0 N–H and O–H groups in total. The summed E-state index contributed by atoms with van der Waals surface area (Å²) in [5.74, 6) is -0.436. The second kappa shape index (κ2) is 6.84. The highest BCUT2D eigenvalue weighted by Gasteiger charge is 2.36. The third kappa shape index (κ3) is 2.75. The summed E-state index contributed by atoms with van der Waals surface area (Å²) in [5, 5.41) is 0. The molecule has 0 saturated carbocycles. The molecule has 128 valence electrons.